The molecule has 0 radical (unpaired) electrons. The van der Waals surface area contributed by atoms with Gasteiger partial charge in [0, 0.05) is 19.2 Å². The van der Waals surface area contributed by atoms with Gasteiger partial charge in [-0.1, -0.05) is 11.6 Å². The van der Waals surface area contributed by atoms with E-state index in [2.05, 4.69) is 5.10 Å². The van der Waals surface area contributed by atoms with Gasteiger partial charge >= 0.3 is 0 Å². The van der Waals surface area contributed by atoms with Gasteiger partial charge in [0.05, 0.1) is 23.0 Å². The van der Waals surface area contributed by atoms with E-state index in [1.165, 1.54) is 12.8 Å². The summed E-state index contributed by atoms with van der Waals surface area (Å²) in [6.45, 7) is 3.74. The molecule has 1 fully saturated rings. The Hall–Kier alpha value is -0.580. The minimum absolute atomic E-state index is 0.0505. The quantitative estimate of drug-likeness (QED) is 0.896. The highest BCUT2D eigenvalue weighted by Crippen LogP contribution is 2.26. The van der Waals surface area contributed by atoms with Crippen molar-refractivity contribution in [2.75, 3.05) is 6.61 Å². The second-order valence-corrected chi connectivity index (χ2v) is 5.27. The fourth-order valence-electron chi connectivity index (χ4n) is 2.53. The Morgan fingerprint density at radius 1 is 1.61 bits per heavy atom. The number of ether oxygens (including phenoxy) is 1. The molecule has 0 aromatic carbocycles. The molecule has 102 valence electrons. The minimum Gasteiger partial charge on any atom is -0.378 e. The fraction of sp³-hybridized carbons (Fsp3) is 0.769. The summed E-state index contributed by atoms with van der Waals surface area (Å²) in [5, 5.41) is 4.90. The molecule has 0 saturated carbocycles. The zero-order valence-corrected chi connectivity index (χ0v) is 11.7. The lowest BCUT2D eigenvalue weighted by Crippen LogP contribution is -2.22. The lowest BCUT2D eigenvalue weighted by molar-refractivity contribution is 0.00901. The van der Waals surface area contributed by atoms with Crippen molar-refractivity contribution in [2.45, 2.75) is 57.7 Å². The molecule has 2 atom stereocenters. The second-order valence-electron chi connectivity index (χ2n) is 4.87. The molecule has 1 saturated heterocycles. The lowest BCUT2D eigenvalue weighted by Gasteiger charge is -2.24. The van der Waals surface area contributed by atoms with E-state index >= 15 is 0 Å². The zero-order chi connectivity index (χ0) is 13.0. The average Bonchev–Trinajstić information content (AvgIpc) is 2.78. The molecule has 1 aliphatic heterocycles. The first-order valence-corrected chi connectivity index (χ1v) is 7.18. The third-order valence-corrected chi connectivity index (χ3v) is 3.85. The van der Waals surface area contributed by atoms with Crippen LogP contribution in [0.4, 0.5) is 0 Å². The van der Waals surface area contributed by atoms with Crippen molar-refractivity contribution < 1.29 is 4.74 Å². The van der Waals surface area contributed by atoms with E-state index < -0.39 is 0 Å². The Morgan fingerprint density at radius 3 is 3.11 bits per heavy atom. The van der Waals surface area contributed by atoms with Crippen molar-refractivity contribution in [3.63, 3.8) is 0 Å². The molecule has 1 aliphatic rings. The lowest BCUT2D eigenvalue weighted by atomic mass is 10.0. The second kappa shape index (κ2) is 6.55. The smallest absolute Gasteiger partial charge is 0.0834 e. The molecular weight excluding hydrogens is 250 g/mol. The summed E-state index contributed by atoms with van der Waals surface area (Å²) in [5.74, 6) is 0. The number of hydrogen-bond acceptors (Lipinski definition) is 3. The van der Waals surface area contributed by atoms with E-state index in [1.807, 2.05) is 11.6 Å². The number of nitrogens with two attached hydrogens (primary N) is 1. The molecule has 2 unspecified atom stereocenters. The Labute approximate surface area is 113 Å². The van der Waals surface area contributed by atoms with Crippen LogP contribution >= 0.6 is 11.6 Å². The molecule has 1 aromatic heterocycles. The molecule has 1 aromatic rings. The summed E-state index contributed by atoms with van der Waals surface area (Å²) in [6, 6.07) is -0.0505. The maximum atomic E-state index is 6.23. The maximum Gasteiger partial charge on any atom is 0.0834 e. The van der Waals surface area contributed by atoms with E-state index in [1.54, 1.807) is 6.20 Å². The van der Waals surface area contributed by atoms with Gasteiger partial charge in [0.1, 0.15) is 0 Å². The number of rotatable bonds is 5. The monoisotopic (exact) mass is 271 g/mol. The normalized spacial score (nSPS) is 22.1. The Kier molecular flexibility index (Phi) is 5.03. The van der Waals surface area contributed by atoms with E-state index in [0.717, 1.165) is 38.1 Å². The predicted molar refractivity (Wildman–Crippen MR) is 72.7 cm³/mol. The van der Waals surface area contributed by atoms with Crippen LogP contribution in [0.25, 0.3) is 0 Å². The van der Waals surface area contributed by atoms with Crippen molar-refractivity contribution in [1.82, 2.24) is 9.78 Å². The third kappa shape index (κ3) is 3.25. The molecule has 0 amide bonds. The first-order chi connectivity index (χ1) is 8.72. The van der Waals surface area contributed by atoms with Crippen LogP contribution in [0.5, 0.6) is 0 Å². The van der Waals surface area contributed by atoms with E-state index in [0.29, 0.717) is 11.1 Å². The summed E-state index contributed by atoms with van der Waals surface area (Å²) in [7, 11) is 0. The van der Waals surface area contributed by atoms with E-state index in [4.69, 9.17) is 22.1 Å². The SMILES string of the molecule is CCn1ncc(Cl)c1C(N)CCC1CCCCO1. The van der Waals surface area contributed by atoms with Crippen LogP contribution < -0.4 is 5.73 Å². The van der Waals surface area contributed by atoms with Crippen molar-refractivity contribution in [1.29, 1.82) is 0 Å². The first kappa shape index (κ1) is 13.8. The van der Waals surface area contributed by atoms with Gasteiger partial charge < -0.3 is 10.5 Å². The van der Waals surface area contributed by atoms with Gasteiger partial charge in [0.15, 0.2) is 0 Å². The number of aromatic nitrogens is 2. The fourth-order valence-corrected chi connectivity index (χ4v) is 2.81. The molecule has 2 heterocycles. The van der Waals surface area contributed by atoms with Gasteiger partial charge in [0.25, 0.3) is 0 Å². The summed E-state index contributed by atoms with van der Waals surface area (Å²) in [6.07, 6.45) is 7.58. The first-order valence-electron chi connectivity index (χ1n) is 6.80. The van der Waals surface area contributed by atoms with Crippen LogP contribution in [-0.2, 0) is 11.3 Å². The van der Waals surface area contributed by atoms with Crippen LogP contribution in [0.1, 0.15) is 50.8 Å². The molecule has 18 heavy (non-hydrogen) atoms. The van der Waals surface area contributed by atoms with Crippen molar-refractivity contribution in [2.24, 2.45) is 5.73 Å². The van der Waals surface area contributed by atoms with Crippen molar-refractivity contribution in [3.8, 4) is 0 Å². The van der Waals surface area contributed by atoms with Crippen molar-refractivity contribution in [3.05, 3.63) is 16.9 Å². The Balaban J connectivity index is 1.90. The Bertz CT molecular complexity index is 374. The largest absolute Gasteiger partial charge is 0.378 e. The number of aryl methyl sites for hydroxylation is 1. The molecule has 5 heteroatoms. The van der Waals surface area contributed by atoms with Gasteiger partial charge in [-0.3, -0.25) is 4.68 Å². The predicted octanol–water partition coefficient (Wildman–Crippen LogP) is 2.91. The van der Waals surface area contributed by atoms with Crippen LogP contribution in [0.15, 0.2) is 6.20 Å². The standard InChI is InChI=1S/C13H22ClN3O/c1-2-17-13(11(14)9-16-17)12(15)7-6-10-5-3-4-8-18-10/h9-10,12H,2-8,15H2,1H3. The Morgan fingerprint density at radius 2 is 2.44 bits per heavy atom. The topological polar surface area (TPSA) is 53.1 Å². The zero-order valence-electron chi connectivity index (χ0n) is 10.9. The van der Waals surface area contributed by atoms with Gasteiger partial charge in [-0.2, -0.15) is 5.10 Å². The third-order valence-electron chi connectivity index (χ3n) is 3.56. The van der Waals surface area contributed by atoms with Gasteiger partial charge in [-0.25, -0.2) is 0 Å². The summed E-state index contributed by atoms with van der Waals surface area (Å²) in [4.78, 5) is 0. The van der Waals surface area contributed by atoms with Crippen LogP contribution in [-0.4, -0.2) is 22.5 Å². The molecule has 0 bridgehead atoms. The van der Waals surface area contributed by atoms with E-state index in [9.17, 15) is 0 Å². The minimum atomic E-state index is -0.0505. The molecule has 2 N–H and O–H groups in total. The van der Waals surface area contributed by atoms with Gasteiger partial charge in [0.2, 0.25) is 0 Å². The highest BCUT2D eigenvalue weighted by molar-refractivity contribution is 6.31. The van der Waals surface area contributed by atoms with Crippen LogP contribution in [0.3, 0.4) is 0 Å². The van der Waals surface area contributed by atoms with Crippen LogP contribution in [0.2, 0.25) is 5.02 Å². The number of nitrogens with zero attached hydrogens (tertiary/aromatic N) is 2. The summed E-state index contributed by atoms with van der Waals surface area (Å²) >= 11 is 6.15. The van der Waals surface area contributed by atoms with Crippen LogP contribution in [0, 0.1) is 0 Å². The molecule has 0 spiro atoms. The molecular formula is C13H22ClN3O. The maximum absolute atomic E-state index is 6.23. The van der Waals surface area contributed by atoms with Gasteiger partial charge in [-0.15, -0.1) is 0 Å². The molecule has 0 aliphatic carbocycles. The molecule has 2 rings (SSSR count). The van der Waals surface area contributed by atoms with E-state index in [-0.39, 0.29) is 6.04 Å². The average molecular weight is 272 g/mol. The van der Waals surface area contributed by atoms with Gasteiger partial charge in [-0.05, 0) is 39.0 Å². The summed E-state index contributed by atoms with van der Waals surface area (Å²) < 4.78 is 7.61. The number of hydrogen-bond donors (Lipinski definition) is 1. The highest BCUT2D eigenvalue weighted by Gasteiger charge is 2.19. The number of halogens is 1. The van der Waals surface area contributed by atoms with Crippen molar-refractivity contribution >= 4 is 11.6 Å². The summed E-state index contributed by atoms with van der Waals surface area (Å²) in [5.41, 5.74) is 7.19. The molecule has 4 nitrogen and oxygen atoms in total. The highest BCUT2D eigenvalue weighted by atomic mass is 35.5.